The third-order valence-electron chi connectivity index (χ3n) is 4.99. The lowest BCUT2D eigenvalue weighted by molar-refractivity contribution is -0.117. The van der Waals surface area contributed by atoms with E-state index in [1.165, 1.54) is 28.6 Å². The molecule has 2 amide bonds. The smallest absolute Gasteiger partial charge is 0.251 e. The van der Waals surface area contributed by atoms with Gasteiger partial charge < -0.3 is 10.2 Å². The summed E-state index contributed by atoms with van der Waals surface area (Å²) in [6, 6.07) is 14.9. The minimum atomic E-state index is -3.56. The molecule has 1 aliphatic rings. The highest BCUT2D eigenvalue weighted by Gasteiger charge is 2.31. The van der Waals surface area contributed by atoms with Crippen LogP contribution in [0.5, 0.6) is 0 Å². The van der Waals surface area contributed by atoms with Crippen LogP contribution in [0, 0.1) is 0 Å². The quantitative estimate of drug-likeness (QED) is 0.751. The van der Waals surface area contributed by atoms with Crippen molar-refractivity contribution in [1.29, 1.82) is 0 Å². The zero-order valence-corrected chi connectivity index (χ0v) is 17.4. The Hall–Kier alpha value is -2.71. The number of carbonyl (C=O) groups is 2. The number of sulfonamides is 1. The standard InChI is InChI=1S/C21H25N3O4S/c1-3-23(4-2)29(27,28)19-12-10-16(11-13-19)21(26)22-17-14-20(25)24(15-17)18-8-6-5-7-9-18/h5-13,17H,3-4,14-15H2,1-2H3,(H,22,26)/t17-/m0/s1. The molecule has 1 heterocycles. The maximum absolute atomic E-state index is 12.6. The van der Waals surface area contributed by atoms with Crippen LogP contribution in [0.4, 0.5) is 5.69 Å². The molecule has 1 fully saturated rings. The summed E-state index contributed by atoms with van der Waals surface area (Å²) in [5.41, 5.74) is 1.16. The molecule has 1 atom stereocenters. The molecule has 0 aliphatic carbocycles. The van der Waals surface area contributed by atoms with Gasteiger partial charge in [0.25, 0.3) is 5.91 Å². The first-order valence-corrected chi connectivity index (χ1v) is 11.1. The first-order chi connectivity index (χ1) is 13.9. The Morgan fingerprint density at radius 1 is 1.07 bits per heavy atom. The van der Waals surface area contributed by atoms with Gasteiger partial charge in [-0.3, -0.25) is 9.59 Å². The summed E-state index contributed by atoms with van der Waals surface area (Å²) in [4.78, 5) is 26.7. The molecular formula is C21H25N3O4S. The number of nitrogens with one attached hydrogen (secondary N) is 1. The molecule has 8 heteroatoms. The molecule has 7 nitrogen and oxygen atoms in total. The third-order valence-corrected chi connectivity index (χ3v) is 7.05. The molecule has 154 valence electrons. The second-order valence-electron chi connectivity index (χ2n) is 6.83. The van der Waals surface area contributed by atoms with Crippen molar-refractivity contribution in [3.63, 3.8) is 0 Å². The summed E-state index contributed by atoms with van der Waals surface area (Å²) >= 11 is 0. The fraction of sp³-hybridized carbons (Fsp3) is 0.333. The zero-order valence-electron chi connectivity index (χ0n) is 16.5. The van der Waals surface area contributed by atoms with Crippen molar-refractivity contribution in [2.24, 2.45) is 0 Å². The Morgan fingerprint density at radius 2 is 1.69 bits per heavy atom. The van der Waals surface area contributed by atoms with Gasteiger partial charge in [-0.15, -0.1) is 0 Å². The van der Waals surface area contributed by atoms with E-state index in [1.54, 1.807) is 18.7 Å². The maximum Gasteiger partial charge on any atom is 0.251 e. The van der Waals surface area contributed by atoms with Gasteiger partial charge in [0, 0.05) is 37.3 Å². The molecule has 0 aromatic heterocycles. The van der Waals surface area contributed by atoms with E-state index in [0.717, 1.165) is 5.69 Å². The van der Waals surface area contributed by atoms with Gasteiger partial charge in [-0.25, -0.2) is 8.42 Å². The maximum atomic E-state index is 12.6. The van der Waals surface area contributed by atoms with Crippen molar-refractivity contribution in [2.45, 2.75) is 31.2 Å². The minimum Gasteiger partial charge on any atom is -0.347 e. The Kier molecular flexibility index (Phi) is 6.34. The van der Waals surface area contributed by atoms with Crippen LogP contribution in [-0.4, -0.2) is 50.2 Å². The van der Waals surface area contributed by atoms with Gasteiger partial charge in [0.1, 0.15) is 0 Å². The molecule has 1 aliphatic heterocycles. The molecule has 2 aromatic carbocycles. The highest BCUT2D eigenvalue weighted by Crippen LogP contribution is 2.21. The van der Waals surface area contributed by atoms with Crippen LogP contribution in [-0.2, 0) is 14.8 Å². The SMILES string of the molecule is CCN(CC)S(=O)(=O)c1ccc(C(=O)N[C@H]2CC(=O)N(c3ccccc3)C2)cc1. The molecule has 0 unspecified atom stereocenters. The van der Waals surface area contributed by atoms with Gasteiger partial charge in [-0.1, -0.05) is 32.0 Å². The fourth-order valence-corrected chi connectivity index (χ4v) is 4.88. The summed E-state index contributed by atoms with van der Waals surface area (Å²) in [6.07, 6.45) is 0.231. The third kappa shape index (κ3) is 4.49. The summed E-state index contributed by atoms with van der Waals surface area (Å²) in [5.74, 6) is -0.369. The van der Waals surface area contributed by atoms with E-state index >= 15 is 0 Å². The Morgan fingerprint density at radius 3 is 2.28 bits per heavy atom. The van der Waals surface area contributed by atoms with E-state index in [9.17, 15) is 18.0 Å². The molecule has 1 saturated heterocycles. The molecule has 2 aromatic rings. The first kappa shape index (κ1) is 21.0. The van der Waals surface area contributed by atoms with E-state index < -0.39 is 10.0 Å². The van der Waals surface area contributed by atoms with Gasteiger partial charge in [0.15, 0.2) is 0 Å². The number of hydrogen-bond acceptors (Lipinski definition) is 4. The van der Waals surface area contributed by atoms with Crippen LogP contribution in [0.25, 0.3) is 0 Å². The number of rotatable bonds is 7. The van der Waals surface area contributed by atoms with Crippen molar-refractivity contribution < 1.29 is 18.0 Å². The van der Waals surface area contributed by atoms with Crippen LogP contribution in [0.3, 0.4) is 0 Å². The van der Waals surface area contributed by atoms with Crippen LogP contribution in [0.15, 0.2) is 59.5 Å². The van der Waals surface area contributed by atoms with Crippen molar-refractivity contribution in [2.75, 3.05) is 24.5 Å². The van der Waals surface area contributed by atoms with Gasteiger partial charge in [0.2, 0.25) is 15.9 Å². The van der Waals surface area contributed by atoms with Gasteiger partial charge in [0.05, 0.1) is 10.9 Å². The predicted octanol–water partition coefficient (Wildman–Crippen LogP) is 2.25. The van der Waals surface area contributed by atoms with Crippen LogP contribution >= 0.6 is 0 Å². The lowest BCUT2D eigenvalue weighted by Gasteiger charge is -2.19. The number of nitrogens with zero attached hydrogens (tertiary/aromatic N) is 2. The van der Waals surface area contributed by atoms with Crippen molar-refractivity contribution in [3.05, 3.63) is 60.2 Å². The van der Waals surface area contributed by atoms with Crippen LogP contribution < -0.4 is 10.2 Å². The van der Waals surface area contributed by atoms with E-state index in [2.05, 4.69) is 5.32 Å². The van der Waals surface area contributed by atoms with Gasteiger partial charge in [-0.2, -0.15) is 4.31 Å². The molecule has 0 bridgehead atoms. The lowest BCUT2D eigenvalue weighted by Crippen LogP contribution is -2.37. The number of benzene rings is 2. The van der Waals surface area contributed by atoms with Crippen LogP contribution in [0.1, 0.15) is 30.6 Å². The molecule has 0 radical (unpaired) electrons. The normalized spacial score (nSPS) is 17.0. The van der Waals surface area contributed by atoms with Crippen molar-refractivity contribution in [1.82, 2.24) is 9.62 Å². The summed E-state index contributed by atoms with van der Waals surface area (Å²) in [6.45, 7) is 4.74. The minimum absolute atomic E-state index is 0.0397. The Bertz CT molecular complexity index is 971. The van der Waals surface area contributed by atoms with Crippen molar-refractivity contribution in [3.8, 4) is 0 Å². The van der Waals surface area contributed by atoms with Crippen molar-refractivity contribution >= 4 is 27.5 Å². The van der Waals surface area contributed by atoms with E-state index in [-0.39, 0.29) is 29.2 Å². The average molecular weight is 416 g/mol. The van der Waals surface area contributed by atoms with Gasteiger partial charge >= 0.3 is 0 Å². The van der Waals surface area contributed by atoms with E-state index in [0.29, 0.717) is 25.2 Å². The largest absolute Gasteiger partial charge is 0.347 e. The molecule has 0 spiro atoms. The zero-order chi connectivity index (χ0) is 21.0. The molecular weight excluding hydrogens is 390 g/mol. The van der Waals surface area contributed by atoms with E-state index in [4.69, 9.17) is 0 Å². The number of carbonyl (C=O) groups excluding carboxylic acids is 2. The topological polar surface area (TPSA) is 86.8 Å². The number of anilines is 1. The van der Waals surface area contributed by atoms with E-state index in [1.807, 2.05) is 30.3 Å². The molecule has 3 rings (SSSR count). The van der Waals surface area contributed by atoms with Crippen LogP contribution in [0.2, 0.25) is 0 Å². The molecule has 1 N–H and O–H groups in total. The molecule has 29 heavy (non-hydrogen) atoms. The summed E-state index contributed by atoms with van der Waals surface area (Å²) in [5, 5.41) is 2.87. The monoisotopic (exact) mass is 415 g/mol. The summed E-state index contributed by atoms with van der Waals surface area (Å²) < 4.78 is 26.5. The Labute approximate surface area is 171 Å². The summed E-state index contributed by atoms with van der Waals surface area (Å²) in [7, 11) is -3.56. The lowest BCUT2D eigenvalue weighted by atomic mass is 10.2. The number of amides is 2. The number of hydrogen-bond donors (Lipinski definition) is 1. The Balaban J connectivity index is 1.67. The van der Waals surface area contributed by atoms with Gasteiger partial charge in [-0.05, 0) is 36.4 Å². The molecule has 0 saturated carbocycles. The predicted molar refractivity (Wildman–Crippen MR) is 111 cm³/mol. The first-order valence-electron chi connectivity index (χ1n) is 9.63. The average Bonchev–Trinajstić information content (AvgIpc) is 3.09. The highest BCUT2D eigenvalue weighted by atomic mass is 32.2. The highest BCUT2D eigenvalue weighted by molar-refractivity contribution is 7.89. The fourth-order valence-electron chi connectivity index (χ4n) is 3.42. The second-order valence-corrected chi connectivity index (χ2v) is 8.77. The number of para-hydroxylation sites is 1. The second kappa shape index (κ2) is 8.75.